The van der Waals surface area contributed by atoms with Crippen LogP contribution in [0.25, 0.3) is 0 Å². The number of methoxy groups -OCH3 is 3. The zero-order chi connectivity index (χ0) is 15.0. The lowest BCUT2D eigenvalue weighted by Crippen LogP contribution is -2.29. The predicted octanol–water partition coefficient (Wildman–Crippen LogP) is 1.75. The van der Waals surface area contributed by atoms with Gasteiger partial charge >= 0.3 is 6.03 Å². The van der Waals surface area contributed by atoms with Crippen molar-refractivity contribution in [2.45, 2.75) is 6.42 Å². The van der Waals surface area contributed by atoms with Crippen LogP contribution < -0.4 is 24.8 Å². The number of ether oxygens (including phenoxy) is 3. The number of amides is 2. The van der Waals surface area contributed by atoms with Gasteiger partial charge in [0, 0.05) is 18.7 Å². The largest absolute Gasteiger partial charge is 0.493 e. The Bertz CT molecular complexity index is 486. The van der Waals surface area contributed by atoms with Crippen LogP contribution in [-0.2, 0) is 0 Å². The van der Waals surface area contributed by atoms with Crippen molar-refractivity contribution in [2.24, 2.45) is 0 Å². The van der Waals surface area contributed by atoms with Crippen molar-refractivity contribution in [2.75, 3.05) is 33.2 Å². The molecule has 0 aliphatic heterocycles. The van der Waals surface area contributed by atoms with Gasteiger partial charge < -0.3 is 24.8 Å². The summed E-state index contributed by atoms with van der Waals surface area (Å²) in [6.07, 6.45) is 0.253. The maximum Gasteiger partial charge on any atom is 0.319 e. The van der Waals surface area contributed by atoms with Crippen LogP contribution in [-0.4, -0.2) is 33.9 Å². The Hall–Kier alpha value is -2.62. The Morgan fingerprint density at radius 3 is 2.25 bits per heavy atom. The fraction of sp³-hybridized carbons (Fsp3) is 0.385. The van der Waals surface area contributed by atoms with Crippen LogP contribution in [0, 0.1) is 11.3 Å². The van der Waals surface area contributed by atoms with Crippen LogP contribution >= 0.6 is 0 Å². The zero-order valence-electron chi connectivity index (χ0n) is 11.6. The molecule has 2 amide bonds. The third-order valence-corrected chi connectivity index (χ3v) is 2.44. The van der Waals surface area contributed by atoms with Crippen molar-refractivity contribution in [3.8, 4) is 23.3 Å². The summed E-state index contributed by atoms with van der Waals surface area (Å²) in [7, 11) is 4.49. The maximum absolute atomic E-state index is 11.6. The molecule has 1 aromatic rings. The van der Waals surface area contributed by atoms with E-state index in [2.05, 4.69) is 10.6 Å². The van der Waals surface area contributed by atoms with Gasteiger partial charge in [-0.2, -0.15) is 5.26 Å². The number of rotatable bonds is 6. The van der Waals surface area contributed by atoms with Crippen LogP contribution in [0.15, 0.2) is 12.1 Å². The highest BCUT2D eigenvalue weighted by atomic mass is 16.5. The van der Waals surface area contributed by atoms with Gasteiger partial charge in [0.25, 0.3) is 0 Å². The van der Waals surface area contributed by atoms with Crippen LogP contribution in [0.1, 0.15) is 6.42 Å². The van der Waals surface area contributed by atoms with Crippen LogP contribution in [0.5, 0.6) is 17.2 Å². The summed E-state index contributed by atoms with van der Waals surface area (Å²) >= 11 is 0. The van der Waals surface area contributed by atoms with E-state index < -0.39 is 6.03 Å². The lowest BCUT2D eigenvalue weighted by Gasteiger charge is -2.14. The molecular formula is C13H17N3O4. The van der Waals surface area contributed by atoms with Crippen molar-refractivity contribution < 1.29 is 19.0 Å². The molecule has 0 radical (unpaired) electrons. The average Bonchev–Trinajstić information content (AvgIpc) is 2.46. The molecule has 0 heterocycles. The number of hydrogen-bond donors (Lipinski definition) is 2. The molecule has 0 bridgehead atoms. The van der Waals surface area contributed by atoms with Crippen molar-refractivity contribution in [1.82, 2.24) is 5.32 Å². The number of nitrogens with one attached hydrogen (secondary N) is 2. The second-order valence-electron chi connectivity index (χ2n) is 3.70. The normalized spacial score (nSPS) is 9.30. The Kier molecular flexibility index (Phi) is 5.97. The molecule has 0 aliphatic carbocycles. The van der Waals surface area contributed by atoms with Gasteiger partial charge in [-0.15, -0.1) is 0 Å². The summed E-state index contributed by atoms with van der Waals surface area (Å²) in [5.74, 6) is 1.34. The molecule has 0 aromatic heterocycles. The molecule has 1 rings (SSSR count). The number of hydrogen-bond acceptors (Lipinski definition) is 5. The number of urea groups is 1. The van der Waals surface area contributed by atoms with Crippen molar-refractivity contribution in [3.63, 3.8) is 0 Å². The fourth-order valence-electron chi connectivity index (χ4n) is 1.56. The summed E-state index contributed by atoms with van der Waals surface area (Å²) in [4.78, 5) is 11.6. The van der Waals surface area contributed by atoms with Gasteiger partial charge in [0.05, 0.1) is 39.5 Å². The fourth-order valence-corrected chi connectivity index (χ4v) is 1.56. The van der Waals surface area contributed by atoms with E-state index in [1.165, 1.54) is 21.3 Å². The molecule has 20 heavy (non-hydrogen) atoms. The van der Waals surface area contributed by atoms with Gasteiger partial charge in [0.2, 0.25) is 5.75 Å². The SMILES string of the molecule is COc1cc(NC(=O)NCCC#N)cc(OC)c1OC. The quantitative estimate of drug-likeness (QED) is 0.774. The summed E-state index contributed by atoms with van der Waals surface area (Å²) in [6, 6.07) is 4.76. The molecule has 2 N–H and O–H groups in total. The van der Waals surface area contributed by atoms with Gasteiger partial charge in [0.15, 0.2) is 11.5 Å². The molecule has 0 spiro atoms. The summed E-state index contributed by atoms with van der Waals surface area (Å²) < 4.78 is 15.5. The second-order valence-corrected chi connectivity index (χ2v) is 3.70. The monoisotopic (exact) mass is 279 g/mol. The first-order valence-corrected chi connectivity index (χ1v) is 5.88. The molecule has 1 aromatic carbocycles. The molecular weight excluding hydrogens is 262 g/mol. The number of nitrogens with zero attached hydrogens (tertiary/aromatic N) is 1. The predicted molar refractivity (Wildman–Crippen MR) is 73.3 cm³/mol. The Morgan fingerprint density at radius 1 is 1.20 bits per heavy atom. The lowest BCUT2D eigenvalue weighted by molar-refractivity contribution is 0.252. The number of carbonyl (C=O) groups excluding carboxylic acids is 1. The minimum absolute atomic E-state index is 0.253. The minimum atomic E-state index is -0.408. The van der Waals surface area contributed by atoms with Gasteiger partial charge in [-0.05, 0) is 0 Å². The number of nitriles is 1. The number of benzene rings is 1. The van der Waals surface area contributed by atoms with Gasteiger partial charge in [-0.3, -0.25) is 0 Å². The zero-order valence-corrected chi connectivity index (χ0v) is 11.6. The molecule has 108 valence electrons. The van der Waals surface area contributed by atoms with Gasteiger partial charge in [-0.1, -0.05) is 0 Å². The van der Waals surface area contributed by atoms with E-state index in [1.807, 2.05) is 6.07 Å². The van der Waals surface area contributed by atoms with Crippen molar-refractivity contribution in [3.05, 3.63) is 12.1 Å². The third kappa shape index (κ3) is 3.95. The van der Waals surface area contributed by atoms with Crippen LogP contribution in [0.3, 0.4) is 0 Å². The van der Waals surface area contributed by atoms with E-state index in [9.17, 15) is 4.79 Å². The van der Waals surface area contributed by atoms with Gasteiger partial charge in [-0.25, -0.2) is 4.79 Å². The lowest BCUT2D eigenvalue weighted by atomic mass is 10.2. The van der Waals surface area contributed by atoms with E-state index in [0.717, 1.165) is 0 Å². The molecule has 0 saturated carbocycles. The second kappa shape index (κ2) is 7.74. The van der Waals surface area contributed by atoms with E-state index in [-0.39, 0.29) is 13.0 Å². The Balaban J connectivity index is 2.85. The minimum Gasteiger partial charge on any atom is -0.493 e. The van der Waals surface area contributed by atoms with Crippen LogP contribution in [0.4, 0.5) is 10.5 Å². The third-order valence-electron chi connectivity index (χ3n) is 2.44. The maximum atomic E-state index is 11.6. The van der Waals surface area contributed by atoms with E-state index >= 15 is 0 Å². The number of anilines is 1. The molecule has 0 unspecified atom stereocenters. The molecule has 0 fully saturated rings. The van der Waals surface area contributed by atoms with E-state index in [1.54, 1.807) is 12.1 Å². The molecule has 7 heteroatoms. The molecule has 7 nitrogen and oxygen atoms in total. The average molecular weight is 279 g/mol. The smallest absolute Gasteiger partial charge is 0.319 e. The highest BCUT2D eigenvalue weighted by molar-refractivity contribution is 5.90. The number of carbonyl (C=O) groups is 1. The topological polar surface area (TPSA) is 92.6 Å². The first-order chi connectivity index (χ1) is 9.65. The Morgan fingerprint density at radius 2 is 1.80 bits per heavy atom. The van der Waals surface area contributed by atoms with E-state index in [4.69, 9.17) is 19.5 Å². The summed E-state index contributed by atoms with van der Waals surface area (Å²) in [6.45, 7) is 0.284. The summed E-state index contributed by atoms with van der Waals surface area (Å²) in [5.41, 5.74) is 0.494. The van der Waals surface area contributed by atoms with Crippen molar-refractivity contribution >= 4 is 11.7 Å². The van der Waals surface area contributed by atoms with Crippen LogP contribution in [0.2, 0.25) is 0 Å². The highest BCUT2D eigenvalue weighted by Gasteiger charge is 2.14. The molecule has 0 aliphatic rings. The van der Waals surface area contributed by atoms with Gasteiger partial charge in [0.1, 0.15) is 0 Å². The van der Waals surface area contributed by atoms with E-state index in [0.29, 0.717) is 22.9 Å². The highest BCUT2D eigenvalue weighted by Crippen LogP contribution is 2.39. The molecule has 0 atom stereocenters. The Labute approximate surface area is 117 Å². The first kappa shape index (κ1) is 15.4. The molecule has 0 saturated heterocycles. The van der Waals surface area contributed by atoms with Crippen molar-refractivity contribution in [1.29, 1.82) is 5.26 Å². The standard InChI is InChI=1S/C13H17N3O4/c1-18-10-7-9(8-11(19-2)12(10)20-3)16-13(17)15-6-4-5-14/h7-8H,4,6H2,1-3H3,(H2,15,16,17). The first-order valence-electron chi connectivity index (χ1n) is 5.88. The summed E-state index contributed by atoms with van der Waals surface area (Å²) in [5, 5.41) is 13.6.